The molecule has 4 nitrogen and oxygen atoms in total. The summed E-state index contributed by atoms with van der Waals surface area (Å²) in [6.07, 6.45) is 4.00. The van der Waals surface area contributed by atoms with E-state index in [9.17, 15) is 0 Å². The summed E-state index contributed by atoms with van der Waals surface area (Å²) in [5.41, 5.74) is 6.51. The minimum Gasteiger partial charge on any atom is -0.330 e. The highest BCUT2D eigenvalue weighted by atomic mass is 15.2. The number of nitrogens with one attached hydrogen (secondary N) is 1. The Bertz CT molecular complexity index is 231. The molecule has 0 saturated carbocycles. The van der Waals surface area contributed by atoms with Crippen molar-refractivity contribution in [3.05, 3.63) is 18.0 Å². The maximum Gasteiger partial charge on any atom is 0.0637 e. The first-order valence-corrected chi connectivity index (χ1v) is 4.72. The van der Waals surface area contributed by atoms with Crippen molar-refractivity contribution < 1.29 is 0 Å². The van der Waals surface area contributed by atoms with Crippen molar-refractivity contribution in [3.63, 3.8) is 0 Å². The monoisotopic (exact) mass is 182 g/mol. The SMILES string of the molecule is Cn1ccc(CCNCCCN)n1. The standard InChI is InChI=1S/C9H18N4/c1-13-8-4-9(12-13)3-7-11-6-2-5-10/h4,8,11H,2-3,5-7,10H2,1H3. The average Bonchev–Trinajstić information content (AvgIpc) is 2.51. The normalized spacial score (nSPS) is 10.6. The molecule has 0 fully saturated rings. The fourth-order valence-corrected chi connectivity index (χ4v) is 1.17. The van der Waals surface area contributed by atoms with Gasteiger partial charge < -0.3 is 11.1 Å². The van der Waals surface area contributed by atoms with Gasteiger partial charge in [-0.1, -0.05) is 0 Å². The molecule has 1 aromatic heterocycles. The van der Waals surface area contributed by atoms with E-state index < -0.39 is 0 Å². The molecule has 0 aliphatic rings. The second kappa shape index (κ2) is 5.72. The van der Waals surface area contributed by atoms with Crippen molar-refractivity contribution >= 4 is 0 Å². The zero-order chi connectivity index (χ0) is 9.52. The molecule has 74 valence electrons. The molecule has 3 N–H and O–H groups in total. The lowest BCUT2D eigenvalue weighted by molar-refractivity contribution is 0.641. The Labute approximate surface area is 79.1 Å². The zero-order valence-corrected chi connectivity index (χ0v) is 8.16. The van der Waals surface area contributed by atoms with Crippen LogP contribution in [0, 0.1) is 0 Å². The Morgan fingerprint density at radius 3 is 3.00 bits per heavy atom. The van der Waals surface area contributed by atoms with Crippen molar-refractivity contribution in [1.82, 2.24) is 15.1 Å². The van der Waals surface area contributed by atoms with Crippen LogP contribution in [-0.2, 0) is 13.5 Å². The first-order valence-electron chi connectivity index (χ1n) is 4.72. The quantitative estimate of drug-likeness (QED) is 0.604. The smallest absolute Gasteiger partial charge is 0.0637 e. The molecule has 0 aromatic carbocycles. The molecular weight excluding hydrogens is 164 g/mol. The van der Waals surface area contributed by atoms with E-state index in [0.29, 0.717) is 0 Å². The van der Waals surface area contributed by atoms with Crippen LogP contribution in [0.4, 0.5) is 0 Å². The molecule has 0 aliphatic heterocycles. The number of nitrogens with two attached hydrogens (primary N) is 1. The summed E-state index contributed by atoms with van der Waals surface area (Å²) in [5.74, 6) is 0. The molecule has 0 atom stereocenters. The molecule has 13 heavy (non-hydrogen) atoms. The average molecular weight is 182 g/mol. The van der Waals surface area contributed by atoms with Gasteiger partial charge in [0, 0.05) is 26.2 Å². The molecule has 1 rings (SSSR count). The Morgan fingerprint density at radius 1 is 1.54 bits per heavy atom. The van der Waals surface area contributed by atoms with E-state index in [0.717, 1.165) is 38.2 Å². The van der Waals surface area contributed by atoms with Gasteiger partial charge in [0.05, 0.1) is 5.69 Å². The predicted molar refractivity (Wildman–Crippen MR) is 53.5 cm³/mol. The molecule has 0 radical (unpaired) electrons. The highest BCUT2D eigenvalue weighted by Gasteiger charge is 1.95. The summed E-state index contributed by atoms with van der Waals surface area (Å²) >= 11 is 0. The molecule has 1 heterocycles. The molecule has 0 aliphatic carbocycles. The van der Waals surface area contributed by atoms with Crippen LogP contribution in [0.2, 0.25) is 0 Å². The number of nitrogens with zero attached hydrogens (tertiary/aromatic N) is 2. The summed E-state index contributed by atoms with van der Waals surface area (Å²) in [7, 11) is 1.94. The Balaban J connectivity index is 2.06. The lowest BCUT2D eigenvalue weighted by Crippen LogP contribution is -2.20. The third-order valence-corrected chi connectivity index (χ3v) is 1.88. The molecule has 1 aromatic rings. The molecule has 0 spiro atoms. The van der Waals surface area contributed by atoms with Crippen LogP contribution < -0.4 is 11.1 Å². The van der Waals surface area contributed by atoms with Crippen LogP contribution in [0.1, 0.15) is 12.1 Å². The predicted octanol–water partition coefficient (Wildman–Crippen LogP) is -0.0990. The van der Waals surface area contributed by atoms with Crippen LogP contribution in [0.3, 0.4) is 0 Å². The molecule has 0 amide bonds. The van der Waals surface area contributed by atoms with Crippen molar-refractivity contribution in [3.8, 4) is 0 Å². The molecule has 0 bridgehead atoms. The van der Waals surface area contributed by atoms with E-state index in [1.54, 1.807) is 0 Å². The van der Waals surface area contributed by atoms with Gasteiger partial charge >= 0.3 is 0 Å². The van der Waals surface area contributed by atoms with Gasteiger partial charge in [-0.25, -0.2) is 0 Å². The summed E-state index contributed by atoms with van der Waals surface area (Å²) in [6.45, 7) is 2.75. The van der Waals surface area contributed by atoms with E-state index in [1.165, 1.54) is 0 Å². The summed E-state index contributed by atoms with van der Waals surface area (Å²) in [6, 6.07) is 2.05. The van der Waals surface area contributed by atoms with Crippen LogP contribution in [0.15, 0.2) is 12.3 Å². The lowest BCUT2D eigenvalue weighted by atomic mass is 10.3. The van der Waals surface area contributed by atoms with Gasteiger partial charge in [-0.05, 0) is 25.6 Å². The molecule has 0 unspecified atom stereocenters. The third kappa shape index (κ3) is 4.05. The van der Waals surface area contributed by atoms with Gasteiger partial charge in [0.2, 0.25) is 0 Å². The van der Waals surface area contributed by atoms with Crippen LogP contribution in [0.25, 0.3) is 0 Å². The highest BCUT2D eigenvalue weighted by molar-refractivity contribution is 4.98. The minimum absolute atomic E-state index is 0.761. The zero-order valence-electron chi connectivity index (χ0n) is 8.16. The molecule has 4 heteroatoms. The largest absolute Gasteiger partial charge is 0.330 e. The van der Waals surface area contributed by atoms with Crippen molar-refractivity contribution in [2.24, 2.45) is 12.8 Å². The van der Waals surface area contributed by atoms with Crippen LogP contribution >= 0.6 is 0 Å². The first-order chi connectivity index (χ1) is 6.33. The maximum atomic E-state index is 5.37. The number of hydrogen-bond donors (Lipinski definition) is 2. The van der Waals surface area contributed by atoms with E-state index >= 15 is 0 Å². The number of aryl methyl sites for hydroxylation is 1. The fourth-order valence-electron chi connectivity index (χ4n) is 1.17. The number of aromatic nitrogens is 2. The maximum absolute atomic E-state index is 5.37. The van der Waals surface area contributed by atoms with Crippen molar-refractivity contribution in [2.75, 3.05) is 19.6 Å². The van der Waals surface area contributed by atoms with E-state index in [2.05, 4.69) is 10.4 Å². The van der Waals surface area contributed by atoms with E-state index in [-0.39, 0.29) is 0 Å². The van der Waals surface area contributed by atoms with Gasteiger partial charge in [-0.15, -0.1) is 0 Å². The fraction of sp³-hybridized carbons (Fsp3) is 0.667. The van der Waals surface area contributed by atoms with Gasteiger partial charge in [0.1, 0.15) is 0 Å². The van der Waals surface area contributed by atoms with Gasteiger partial charge in [0.15, 0.2) is 0 Å². The Morgan fingerprint density at radius 2 is 2.38 bits per heavy atom. The van der Waals surface area contributed by atoms with E-state index in [1.807, 2.05) is 24.0 Å². The van der Waals surface area contributed by atoms with Crippen LogP contribution in [-0.4, -0.2) is 29.4 Å². The Hall–Kier alpha value is -0.870. The second-order valence-corrected chi connectivity index (χ2v) is 3.12. The summed E-state index contributed by atoms with van der Waals surface area (Å²) in [5, 5.41) is 7.60. The number of rotatable bonds is 6. The van der Waals surface area contributed by atoms with Gasteiger partial charge in [0.25, 0.3) is 0 Å². The second-order valence-electron chi connectivity index (χ2n) is 3.12. The summed E-state index contributed by atoms with van der Waals surface area (Å²) in [4.78, 5) is 0. The van der Waals surface area contributed by atoms with Crippen molar-refractivity contribution in [1.29, 1.82) is 0 Å². The number of hydrogen-bond acceptors (Lipinski definition) is 3. The van der Waals surface area contributed by atoms with Crippen LogP contribution in [0.5, 0.6) is 0 Å². The minimum atomic E-state index is 0.761. The Kier molecular flexibility index (Phi) is 4.49. The molecular formula is C9H18N4. The van der Waals surface area contributed by atoms with Crippen molar-refractivity contribution in [2.45, 2.75) is 12.8 Å². The topological polar surface area (TPSA) is 55.9 Å². The first kappa shape index (κ1) is 10.2. The van der Waals surface area contributed by atoms with E-state index in [4.69, 9.17) is 5.73 Å². The molecule has 0 saturated heterocycles. The third-order valence-electron chi connectivity index (χ3n) is 1.88. The summed E-state index contributed by atoms with van der Waals surface area (Å²) < 4.78 is 1.83. The lowest BCUT2D eigenvalue weighted by Gasteiger charge is -2.00. The van der Waals surface area contributed by atoms with Gasteiger partial charge in [-0.3, -0.25) is 4.68 Å². The van der Waals surface area contributed by atoms with Gasteiger partial charge in [-0.2, -0.15) is 5.10 Å². The highest BCUT2D eigenvalue weighted by Crippen LogP contribution is 1.93.